The molecule has 0 bridgehead atoms. The smallest absolute Gasteiger partial charge is 0.119 e. The molecule has 1 rings (SSSR count). The summed E-state index contributed by atoms with van der Waals surface area (Å²) in [6.07, 6.45) is 0.874. The maximum absolute atomic E-state index is 5.78. The number of methoxy groups -OCH3 is 1. The van der Waals surface area contributed by atoms with Crippen molar-refractivity contribution in [3.05, 3.63) is 29.8 Å². The third kappa shape index (κ3) is 6.00. The van der Waals surface area contributed by atoms with Crippen molar-refractivity contribution < 1.29 is 14.2 Å². The number of hydrogen-bond donors (Lipinski definition) is 1. The van der Waals surface area contributed by atoms with Gasteiger partial charge in [-0.2, -0.15) is 0 Å². The van der Waals surface area contributed by atoms with Gasteiger partial charge in [-0.3, -0.25) is 0 Å². The number of rotatable bonds is 9. The second-order valence-electron chi connectivity index (χ2n) is 4.16. The SMILES string of the molecule is COCCOCCCOc1ccc([C@@H](C)N)cc1. The Hall–Kier alpha value is -1.10. The monoisotopic (exact) mass is 253 g/mol. The van der Waals surface area contributed by atoms with Gasteiger partial charge in [0, 0.05) is 26.2 Å². The molecular weight excluding hydrogens is 230 g/mol. The van der Waals surface area contributed by atoms with Crippen LogP contribution in [0.2, 0.25) is 0 Å². The third-order valence-corrected chi connectivity index (χ3v) is 2.54. The molecule has 0 heterocycles. The fraction of sp³-hybridized carbons (Fsp3) is 0.571. The first-order valence-electron chi connectivity index (χ1n) is 6.29. The largest absolute Gasteiger partial charge is 0.494 e. The summed E-state index contributed by atoms with van der Waals surface area (Å²) < 4.78 is 15.8. The number of hydrogen-bond acceptors (Lipinski definition) is 4. The van der Waals surface area contributed by atoms with E-state index in [0.717, 1.165) is 17.7 Å². The average molecular weight is 253 g/mol. The molecule has 0 aliphatic carbocycles. The van der Waals surface area contributed by atoms with Crippen molar-refractivity contribution in [2.24, 2.45) is 5.73 Å². The van der Waals surface area contributed by atoms with E-state index < -0.39 is 0 Å². The molecule has 1 atom stereocenters. The summed E-state index contributed by atoms with van der Waals surface area (Å²) in [7, 11) is 1.67. The van der Waals surface area contributed by atoms with Crippen LogP contribution in [-0.2, 0) is 9.47 Å². The molecule has 1 aromatic carbocycles. The van der Waals surface area contributed by atoms with Gasteiger partial charge in [0.15, 0.2) is 0 Å². The Kier molecular flexibility index (Phi) is 7.41. The first-order chi connectivity index (χ1) is 8.74. The molecule has 4 nitrogen and oxygen atoms in total. The van der Waals surface area contributed by atoms with Crippen LogP contribution in [0.1, 0.15) is 24.9 Å². The Balaban J connectivity index is 2.12. The van der Waals surface area contributed by atoms with Crippen molar-refractivity contribution in [2.75, 3.05) is 33.5 Å². The van der Waals surface area contributed by atoms with E-state index in [0.29, 0.717) is 26.4 Å². The molecular formula is C14H23NO3. The van der Waals surface area contributed by atoms with Gasteiger partial charge in [-0.05, 0) is 24.6 Å². The van der Waals surface area contributed by atoms with E-state index in [9.17, 15) is 0 Å². The average Bonchev–Trinajstić information content (AvgIpc) is 2.38. The molecule has 0 amide bonds. The van der Waals surface area contributed by atoms with E-state index in [1.165, 1.54) is 0 Å². The Morgan fingerprint density at radius 2 is 1.78 bits per heavy atom. The predicted molar refractivity (Wildman–Crippen MR) is 71.9 cm³/mol. The van der Waals surface area contributed by atoms with Crippen LogP contribution < -0.4 is 10.5 Å². The Morgan fingerprint density at radius 1 is 1.06 bits per heavy atom. The first kappa shape index (κ1) is 15.0. The molecule has 4 heteroatoms. The van der Waals surface area contributed by atoms with Gasteiger partial charge in [0.1, 0.15) is 5.75 Å². The highest BCUT2D eigenvalue weighted by Crippen LogP contribution is 2.16. The maximum Gasteiger partial charge on any atom is 0.119 e. The zero-order chi connectivity index (χ0) is 13.2. The minimum atomic E-state index is 0.0632. The molecule has 0 aliphatic rings. The number of nitrogens with two attached hydrogens (primary N) is 1. The summed E-state index contributed by atoms with van der Waals surface area (Å²) in [5.41, 5.74) is 6.89. The molecule has 1 aromatic rings. The van der Waals surface area contributed by atoms with Crippen molar-refractivity contribution in [1.82, 2.24) is 0 Å². The Labute approximate surface area is 109 Å². The Bertz CT molecular complexity index is 311. The zero-order valence-corrected chi connectivity index (χ0v) is 11.2. The maximum atomic E-state index is 5.78. The lowest BCUT2D eigenvalue weighted by atomic mass is 10.1. The van der Waals surface area contributed by atoms with Crippen LogP contribution in [-0.4, -0.2) is 33.5 Å². The van der Waals surface area contributed by atoms with Gasteiger partial charge in [0.2, 0.25) is 0 Å². The summed E-state index contributed by atoms with van der Waals surface area (Å²) in [6, 6.07) is 7.95. The fourth-order valence-electron chi connectivity index (χ4n) is 1.46. The standard InChI is InChI=1S/C14H23NO3/c1-12(15)13-4-6-14(7-5-13)18-9-3-8-17-11-10-16-2/h4-7,12H,3,8-11,15H2,1-2H3/t12-/m1/s1. The molecule has 0 spiro atoms. The molecule has 0 radical (unpaired) electrons. The van der Waals surface area contributed by atoms with Crippen molar-refractivity contribution in [1.29, 1.82) is 0 Å². The van der Waals surface area contributed by atoms with Gasteiger partial charge < -0.3 is 19.9 Å². The van der Waals surface area contributed by atoms with Gasteiger partial charge in [-0.25, -0.2) is 0 Å². The van der Waals surface area contributed by atoms with E-state index in [1.54, 1.807) is 7.11 Å². The minimum absolute atomic E-state index is 0.0632. The molecule has 2 N–H and O–H groups in total. The van der Waals surface area contributed by atoms with E-state index in [-0.39, 0.29) is 6.04 Å². The van der Waals surface area contributed by atoms with Crippen molar-refractivity contribution in [2.45, 2.75) is 19.4 Å². The van der Waals surface area contributed by atoms with Crippen LogP contribution in [0.5, 0.6) is 5.75 Å². The van der Waals surface area contributed by atoms with Crippen molar-refractivity contribution in [3.63, 3.8) is 0 Å². The second-order valence-corrected chi connectivity index (χ2v) is 4.16. The molecule has 0 saturated carbocycles. The highest BCUT2D eigenvalue weighted by atomic mass is 16.5. The highest BCUT2D eigenvalue weighted by Gasteiger charge is 1.99. The summed E-state index contributed by atoms with van der Waals surface area (Å²) in [4.78, 5) is 0. The van der Waals surface area contributed by atoms with E-state index in [2.05, 4.69) is 0 Å². The van der Waals surface area contributed by atoms with Crippen LogP contribution in [0, 0.1) is 0 Å². The van der Waals surface area contributed by atoms with Crippen LogP contribution >= 0.6 is 0 Å². The highest BCUT2D eigenvalue weighted by molar-refractivity contribution is 5.28. The van der Waals surface area contributed by atoms with Crippen molar-refractivity contribution in [3.8, 4) is 5.75 Å². The van der Waals surface area contributed by atoms with Gasteiger partial charge in [0.25, 0.3) is 0 Å². The second kappa shape index (κ2) is 8.91. The van der Waals surface area contributed by atoms with Crippen LogP contribution in [0.3, 0.4) is 0 Å². The summed E-state index contributed by atoms with van der Waals surface area (Å²) >= 11 is 0. The van der Waals surface area contributed by atoms with Gasteiger partial charge in [-0.15, -0.1) is 0 Å². The van der Waals surface area contributed by atoms with Crippen LogP contribution in [0.25, 0.3) is 0 Å². The van der Waals surface area contributed by atoms with E-state index in [1.807, 2.05) is 31.2 Å². The Morgan fingerprint density at radius 3 is 2.39 bits per heavy atom. The summed E-state index contributed by atoms with van der Waals surface area (Å²) in [5, 5.41) is 0. The summed E-state index contributed by atoms with van der Waals surface area (Å²) in [5.74, 6) is 0.872. The molecule has 0 fully saturated rings. The topological polar surface area (TPSA) is 53.7 Å². The molecule has 102 valence electrons. The minimum Gasteiger partial charge on any atom is -0.494 e. The quantitative estimate of drug-likeness (QED) is 0.685. The molecule has 18 heavy (non-hydrogen) atoms. The molecule has 0 saturated heterocycles. The van der Waals surface area contributed by atoms with Gasteiger partial charge in [0.05, 0.1) is 19.8 Å². The lowest BCUT2D eigenvalue weighted by molar-refractivity contribution is 0.0644. The van der Waals surface area contributed by atoms with E-state index in [4.69, 9.17) is 19.9 Å². The van der Waals surface area contributed by atoms with E-state index >= 15 is 0 Å². The normalized spacial score (nSPS) is 12.4. The molecule has 0 aromatic heterocycles. The van der Waals surface area contributed by atoms with Gasteiger partial charge >= 0.3 is 0 Å². The van der Waals surface area contributed by atoms with Gasteiger partial charge in [-0.1, -0.05) is 12.1 Å². The van der Waals surface area contributed by atoms with Crippen LogP contribution in [0.4, 0.5) is 0 Å². The summed E-state index contributed by atoms with van der Waals surface area (Å²) in [6.45, 7) is 4.60. The molecule has 0 aliphatic heterocycles. The predicted octanol–water partition coefficient (Wildman–Crippen LogP) is 2.14. The third-order valence-electron chi connectivity index (χ3n) is 2.54. The first-order valence-corrected chi connectivity index (χ1v) is 6.29. The lowest BCUT2D eigenvalue weighted by Gasteiger charge is -2.09. The number of ether oxygens (including phenoxy) is 3. The fourth-order valence-corrected chi connectivity index (χ4v) is 1.46. The van der Waals surface area contributed by atoms with Crippen molar-refractivity contribution >= 4 is 0 Å². The lowest BCUT2D eigenvalue weighted by Crippen LogP contribution is -2.07. The zero-order valence-electron chi connectivity index (χ0n) is 11.2. The number of benzene rings is 1. The molecule has 0 unspecified atom stereocenters. The van der Waals surface area contributed by atoms with Crippen LogP contribution in [0.15, 0.2) is 24.3 Å².